The zero-order valence-corrected chi connectivity index (χ0v) is 9.54. The number of carbonyl (C=O) groups excluding carboxylic acids is 2. The van der Waals surface area contributed by atoms with Gasteiger partial charge in [0.2, 0.25) is 0 Å². The SMILES string of the molecule is CCCC1(NC)C(=O)c2ccccc2C1=O. The highest BCUT2D eigenvalue weighted by Crippen LogP contribution is 2.32. The smallest absolute Gasteiger partial charge is 0.191 e. The molecule has 0 bridgehead atoms. The Morgan fingerprint density at radius 3 is 2.00 bits per heavy atom. The van der Waals surface area contributed by atoms with E-state index < -0.39 is 5.54 Å². The van der Waals surface area contributed by atoms with Gasteiger partial charge in [0.1, 0.15) is 5.54 Å². The summed E-state index contributed by atoms with van der Waals surface area (Å²) in [6.07, 6.45) is 1.35. The molecule has 0 aliphatic heterocycles. The highest BCUT2D eigenvalue weighted by Gasteiger charge is 2.50. The molecule has 16 heavy (non-hydrogen) atoms. The number of Topliss-reactive ketones (excluding diaryl/α,β-unsaturated/α-hetero) is 2. The number of rotatable bonds is 3. The van der Waals surface area contributed by atoms with Crippen molar-refractivity contribution in [2.24, 2.45) is 0 Å². The van der Waals surface area contributed by atoms with Crippen LogP contribution in [0.15, 0.2) is 24.3 Å². The molecule has 0 aromatic heterocycles. The molecule has 2 rings (SSSR count). The number of fused-ring (bicyclic) bond motifs is 1. The van der Waals surface area contributed by atoms with Crippen LogP contribution in [0.1, 0.15) is 40.5 Å². The number of likely N-dealkylation sites (N-methyl/N-ethyl adjacent to an activating group) is 1. The number of ketones is 2. The Bertz CT molecular complexity index is 416. The van der Waals surface area contributed by atoms with E-state index in [2.05, 4.69) is 5.32 Å². The number of nitrogens with one attached hydrogen (secondary N) is 1. The van der Waals surface area contributed by atoms with Crippen LogP contribution in [-0.4, -0.2) is 24.2 Å². The molecule has 0 spiro atoms. The maximum absolute atomic E-state index is 12.3. The molecule has 0 unspecified atom stereocenters. The maximum Gasteiger partial charge on any atom is 0.191 e. The Morgan fingerprint density at radius 1 is 1.12 bits per heavy atom. The summed E-state index contributed by atoms with van der Waals surface area (Å²) in [5.41, 5.74) is 0.0870. The summed E-state index contributed by atoms with van der Waals surface area (Å²) in [7, 11) is 1.68. The predicted octanol–water partition coefficient (Wildman–Crippen LogP) is 1.82. The first-order valence-electron chi connectivity index (χ1n) is 5.55. The third-order valence-corrected chi connectivity index (χ3v) is 3.24. The van der Waals surface area contributed by atoms with Gasteiger partial charge >= 0.3 is 0 Å². The van der Waals surface area contributed by atoms with E-state index in [-0.39, 0.29) is 11.6 Å². The average molecular weight is 217 g/mol. The first-order chi connectivity index (χ1) is 7.67. The molecular weight excluding hydrogens is 202 g/mol. The van der Waals surface area contributed by atoms with Crippen molar-refractivity contribution in [3.8, 4) is 0 Å². The van der Waals surface area contributed by atoms with Crippen LogP contribution in [0, 0.1) is 0 Å². The van der Waals surface area contributed by atoms with Crippen LogP contribution in [0.3, 0.4) is 0 Å². The van der Waals surface area contributed by atoms with Crippen LogP contribution in [0.5, 0.6) is 0 Å². The van der Waals surface area contributed by atoms with Gasteiger partial charge in [-0.1, -0.05) is 37.6 Å². The minimum Gasteiger partial charge on any atom is -0.301 e. The Balaban J connectivity index is 2.56. The minimum absolute atomic E-state index is 0.0857. The molecule has 1 aromatic rings. The Kier molecular flexibility index (Phi) is 2.64. The van der Waals surface area contributed by atoms with E-state index >= 15 is 0 Å². The van der Waals surface area contributed by atoms with Gasteiger partial charge in [-0.25, -0.2) is 0 Å². The van der Waals surface area contributed by atoms with Gasteiger partial charge in [-0.15, -0.1) is 0 Å². The van der Waals surface area contributed by atoms with E-state index in [1.54, 1.807) is 31.3 Å². The summed E-state index contributed by atoms with van der Waals surface area (Å²) in [5.74, 6) is -0.171. The second-order valence-corrected chi connectivity index (χ2v) is 4.11. The molecule has 1 aliphatic carbocycles. The van der Waals surface area contributed by atoms with Crippen LogP contribution < -0.4 is 5.32 Å². The zero-order chi connectivity index (χ0) is 11.8. The van der Waals surface area contributed by atoms with Crippen molar-refractivity contribution in [3.63, 3.8) is 0 Å². The van der Waals surface area contributed by atoms with E-state index in [0.29, 0.717) is 17.5 Å². The lowest BCUT2D eigenvalue weighted by molar-refractivity contribution is 0.0755. The quantitative estimate of drug-likeness (QED) is 0.785. The summed E-state index contributed by atoms with van der Waals surface area (Å²) >= 11 is 0. The van der Waals surface area contributed by atoms with Crippen LogP contribution in [-0.2, 0) is 0 Å². The molecule has 0 saturated carbocycles. The molecule has 0 atom stereocenters. The van der Waals surface area contributed by atoms with Crippen molar-refractivity contribution in [1.29, 1.82) is 0 Å². The molecule has 84 valence electrons. The molecule has 3 nitrogen and oxygen atoms in total. The molecule has 0 saturated heterocycles. The van der Waals surface area contributed by atoms with Crippen LogP contribution in [0.25, 0.3) is 0 Å². The first kappa shape index (κ1) is 11.0. The molecule has 0 heterocycles. The lowest BCUT2D eigenvalue weighted by Crippen LogP contribution is -2.52. The molecule has 0 fully saturated rings. The summed E-state index contributed by atoms with van der Waals surface area (Å²) in [5, 5.41) is 2.93. The molecule has 0 radical (unpaired) electrons. The van der Waals surface area contributed by atoms with Gasteiger partial charge in [0.25, 0.3) is 0 Å². The third-order valence-electron chi connectivity index (χ3n) is 3.24. The normalized spacial score (nSPS) is 17.6. The predicted molar refractivity (Wildman–Crippen MR) is 61.8 cm³/mol. The van der Waals surface area contributed by atoms with Gasteiger partial charge in [-0.05, 0) is 13.5 Å². The van der Waals surface area contributed by atoms with Crippen molar-refractivity contribution in [3.05, 3.63) is 35.4 Å². The second-order valence-electron chi connectivity index (χ2n) is 4.11. The Hall–Kier alpha value is -1.48. The summed E-state index contributed by atoms with van der Waals surface area (Å²) in [4.78, 5) is 24.5. The summed E-state index contributed by atoms with van der Waals surface area (Å²) < 4.78 is 0. The van der Waals surface area contributed by atoms with E-state index in [9.17, 15) is 9.59 Å². The van der Waals surface area contributed by atoms with Crippen LogP contribution in [0.2, 0.25) is 0 Å². The lowest BCUT2D eigenvalue weighted by atomic mass is 9.88. The van der Waals surface area contributed by atoms with Gasteiger partial charge in [0.15, 0.2) is 11.6 Å². The summed E-state index contributed by atoms with van der Waals surface area (Å²) in [6.45, 7) is 1.97. The fourth-order valence-electron chi connectivity index (χ4n) is 2.40. The fraction of sp³-hybridized carbons (Fsp3) is 0.385. The summed E-state index contributed by atoms with van der Waals surface area (Å²) in [6, 6.07) is 7.04. The highest BCUT2D eigenvalue weighted by molar-refractivity contribution is 6.32. The molecule has 1 N–H and O–H groups in total. The first-order valence-corrected chi connectivity index (χ1v) is 5.55. The van der Waals surface area contributed by atoms with Gasteiger partial charge in [0.05, 0.1) is 0 Å². The van der Waals surface area contributed by atoms with Gasteiger partial charge in [0, 0.05) is 11.1 Å². The van der Waals surface area contributed by atoms with Crippen molar-refractivity contribution in [2.45, 2.75) is 25.3 Å². The Morgan fingerprint density at radius 2 is 1.62 bits per heavy atom. The standard InChI is InChI=1S/C13H15NO2/c1-3-8-13(14-2)11(15)9-6-4-5-7-10(9)12(13)16/h4-7,14H,3,8H2,1-2H3. The van der Waals surface area contributed by atoms with E-state index in [1.165, 1.54) is 0 Å². The van der Waals surface area contributed by atoms with Gasteiger partial charge in [-0.3, -0.25) is 9.59 Å². The Labute approximate surface area is 94.9 Å². The molecule has 3 heteroatoms. The molecule has 1 aromatic carbocycles. The van der Waals surface area contributed by atoms with Crippen molar-refractivity contribution in [1.82, 2.24) is 5.32 Å². The number of carbonyl (C=O) groups is 2. The van der Waals surface area contributed by atoms with E-state index in [0.717, 1.165) is 6.42 Å². The maximum atomic E-state index is 12.3. The number of hydrogen-bond acceptors (Lipinski definition) is 3. The highest BCUT2D eigenvalue weighted by atomic mass is 16.2. The van der Waals surface area contributed by atoms with Crippen LogP contribution >= 0.6 is 0 Å². The molecular formula is C13H15NO2. The number of benzene rings is 1. The number of hydrogen-bond donors (Lipinski definition) is 1. The fourth-order valence-corrected chi connectivity index (χ4v) is 2.40. The second kappa shape index (κ2) is 3.83. The average Bonchev–Trinajstić information content (AvgIpc) is 2.53. The van der Waals surface area contributed by atoms with E-state index in [1.807, 2.05) is 6.92 Å². The van der Waals surface area contributed by atoms with Crippen molar-refractivity contribution < 1.29 is 9.59 Å². The minimum atomic E-state index is -1.02. The van der Waals surface area contributed by atoms with Gasteiger partial charge in [-0.2, -0.15) is 0 Å². The third kappa shape index (κ3) is 1.25. The monoisotopic (exact) mass is 217 g/mol. The van der Waals surface area contributed by atoms with Gasteiger partial charge < -0.3 is 5.32 Å². The lowest BCUT2D eigenvalue weighted by Gasteiger charge is -2.24. The topological polar surface area (TPSA) is 46.2 Å². The molecule has 1 aliphatic rings. The molecule has 0 amide bonds. The largest absolute Gasteiger partial charge is 0.301 e. The van der Waals surface area contributed by atoms with E-state index in [4.69, 9.17) is 0 Å². The zero-order valence-electron chi connectivity index (χ0n) is 9.54. The van der Waals surface area contributed by atoms with Crippen LogP contribution in [0.4, 0.5) is 0 Å². The van der Waals surface area contributed by atoms with Crippen molar-refractivity contribution in [2.75, 3.05) is 7.05 Å². The van der Waals surface area contributed by atoms with Crippen molar-refractivity contribution >= 4 is 11.6 Å².